The molecular formula is C28H41N7O3S. The van der Waals surface area contributed by atoms with Gasteiger partial charge in [0.05, 0.1) is 29.5 Å². The van der Waals surface area contributed by atoms with Gasteiger partial charge in [0, 0.05) is 37.9 Å². The average Bonchev–Trinajstić information content (AvgIpc) is 3.35. The monoisotopic (exact) mass is 555 g/mol. The van der Waals surface area contributed by atoms with Gasteiger partial charge in [-0.15, -0.1) is 0 Å². The van der Waals surface area contributed by atoms with Crippen LogP contribution in [-0.4, -0.2) is 79.0 Å². The molecule has 1 saturated heterocycles. The summed E-state index contributed by atoms with van der Waals surface area (Å²) in [5.74, 6) is 0.626. The lowest BCUT2D eigenvalue weighted by Crippen LogP contribution is -2.38. The highest BCUT2D eigenvalue weighted by atomic mass is 32.2. The number of benzene rings is 1. The van der Waals surface area contributed by atoms with Crippen LogP contribution in [0.2, 0.25) is 0 Å². The van der Waals surface area contributed by atoms with Crippen LogP contribution in [0.5, 0.6) is 0 Å². The number of aromatic nitrogens is 4. The van der Waals surface area contributed by atoms with E-state index in [9.17, 15) is 8.42 Å². The summed E-state index contributed by atoms with van der Waals surface area (Å²) in [6.45, 7) is 7.56. The third-order valence-electron chi connectivity index (χ3n) is 7.67. The van der Waals surface area contributed by atoms with Crippen LogP contribution in [0.3, 0.4) is 0 Å². The molecule has 3 heterocycles. The van der Waals surface area contributed by atoms with Gasteiger partial charge in [-0.3, -0.25) is 4.90 Å². The molecule has 10 nitrogen and oxygen atoms in total. The molecular weight excluding hydrogens is 514 g/mol. The predicted octanol–water partition coefficient (Wildman–Crippen LogP) is 4.21. The van der Waals surface area contributed by atoms with Gasteiger partial charge in [-0.2, -0.15) is 10.1 Å². The highest BCUT2D eigenvalue weighted by Crippen LogP contribution is 2.34. The number of nitrogens with one attached hydrogen (secondary N) is 2. The number of anilines is 1. The number of unbranched alkanes of at least 4 members (excludes halogenated alkanes) is 1. The van der Waals surface area contributed by atoms with E-state index in [4.69, 9.17) is 14.8 Å². The fraction of sp³-hybridized carbons (Fsp3) is 0.607. The fourth-order valence-corrected chi connectivity index (χ4v) is 6.46. The second kappa shape index (κ2) is 13.2. The molecule has 1 aromatic carbocycles. The lowest BCUT2D eigenvalue weighted by molar-refractivity contribution is 0.0376. The molecule has 2 fully saturated rings. The van der Waals surface area contributed by atoms with Gasteiger partial charge in [0.2, 0.25) is 16.0 Å². The molecule has 3 aromatic rings. The van der Waals surface area contributed by atoms with Gasteiger partial charge < -0.3 is 10.1 Å². The summed E-state index contributed by atoms with van der Waals surface area (Å²) in [6, 6.07) is 7.31. The van der Waals surface area contributed by atoms with Crippen molar-refractivity contribution in [2.75, 3.05) is 51.3 Å². The van der Waals surface area contributed by atoms with Gasteiger partial charge in [-0.25, -0.2) is 22.8 Å². The molecule has 39 heavy (non-hydrogen) atoms. The summed E-state index contributed by atoms with van der Waals surface area (Å²) in [7, 11) is -3.59. The molecule has 0 spiro atoms. The molecule has 0 radical (unpaired) electrons. The van der Waals surface area contributed by atoms with Crippen molar-refractivity contribution < 1.29 is 13.2 Å². The number of ether oxygens (including phenoxy) is 1. The average molecular weight is 556 g/mol. The summed E-state index contributed by atoms with van der Waals surface area (Å²) < 4.78 is 36.0. The summed E-state index contributed by atoms with van der Waals surface area (Å²) in [6.07, 6.45) is 10.6. The van der Waals surface area contributed by atoms with Crippen molar-refractivity contribution in [2.45, 2.75) is 69.2 Å². The minimum Gasteiger partial charge on any atom is -0.379 e. The van der Waals surface area contributed by atoms with Crippen molar-refractivity contribution in [3.8, 4) is 11.3 Å². The maximum Gasteiger partial charge on any atom is 0.240 e. The quantitative estimate of drug-likeness (QED) is 0.320. The van der Waals surface area contributed by atoms with Crippen molar-refractivity contribution in [2.24, 2.45) is 0 Å². The van der Waals surface area contributed by atoms with Gasteiger partial charge >= 0.3 is 0 Å². The minimum atomic E-state index is -3.59. The Morgan fingerprint density at radius 2 is 1.79 bits per heavy atom. The standard InChI is InChI=1S/C28H41N7O3S/c1-2-3-14-29-28-30-21-25-26(33-35(27(25)32-28)23-8-5-4-6-9-23)22-10-12-24(13-11-22)39(36,37)31-15-7-16-34-17-19-38-20-18-34/h10-13,21,23,31H,2-9,14-20H2,1H3,(H,29,30,32). The van der Waals surface area contributed by atoms with Gasteiger partial charge in [0.15, 0.2) is 5.65 Å². The van der Waals surface area contributed by atoms with E-state index in [2.05, 4.69) is 31.5 Å². The Bertz CT molecular complexity index is 1310. The molecule has 1 saturated carbocycles. The summed E-state index contributed by atoms with van der Waals surface area (Å²) >= 11 is 0. The third kappa shape index (κ3) is 6.95. The van der Waals surface area contributed by atoms with Crippen LogP contribution in [0.4, 0.5) is 5.95 Å². The van der Waals surface area contributed by atoms with Crippen LogP contribution in [0.15, 0.2) is 35.4 Å². The van der Waals surface area contributed by atoms with Crippen molar-refractivity contribution in [3.05, 3.63) is 30.5 Å². The smallest absolute Gasteiger partial charge is 0.240 e. The summed E-state index contributed by atoms with van der Waals surface area (Å²) in [4.78, 5) is 12.0. The van der Waals surface area contributed by atoms with E-state index in [1.54, 1.807) is 12.1 Å². The zero-order chi connectivity index (χ0) is 27.1. The lowest BCUT2D eigenvalue weighted by Gasteiger charge is -2.26. The Kier molecular flexibility index (Phi) is 9.44. The SMILES string of the molecule is CCCCNc1ncc2c(-c3ccc(S(=O)(=O)NCCCN4CCOCC4)cc3)nn(C3CCCCC3)c2n1. The molecule has 1 aliphatic heterocycles. The number of sulfonamides is 1. The van der Waals surface area contributed by atoms with E-state index in [0.717, 1.165) is 93.8 Å². The van der Waals surface area contributed by atoms with Crippen LogP contribution >= 0.6 is 0 Å². The number of hydrogen-bond donors (Lipinski definition) is 2. The maximum atomic E-state index is 12.9. The summed E-state index contributed by atoms with van der Waals surface area (Å²) in [5, 5.41) is 9.25. The number of morpholine rings is 1. The van der Waals surface area contributed by atoms with Crippen molar-refractivity contribution in [1.82, 2.24) is 29.4 Å². The van der Waals surface area contributed by atoms with Crippen LogP contribution in [0, 0.1) is 0 Å². The molecule has 11 heteroatoms. The first kappa shape index (κ1) is 27.9. The molecule has 0 atom stereocenters. The molecule has 0 bridgehead atoms. The van der Waals surface area contributed by atoms with Crippen molar-refractivity contribution in [3.63, 3.8) is 0 Å². The van der Waals surface area contributed by atoms with Gasteiger partial charge in [-0.1, -0.05) is 44.7 Å². The zero-order valence-electron chi connectivity index (χ0n) is 22.9. The van der Waals surface area contributed by atoms with Crippen LogP contribution in [0.25, 0.3) is 22.3 Å². The van der Waals surface area contributed by atoms with Gasteiger partial charge in [-0.05, 0) is 44.4 Å². The number of rotatable bonds is 12. The Morgan fingerprint density at radius 1 is 1.03 bits per heavy atom. The largest absolute Gasteiger partial charge is 0.379 e. The van der Waals surface area contributed by atoms with Crippen molar-refractivity contribution in [1.29, 1.82) is 0 Å². The molecule has 2 aromatic heterocycles. The minimum absolute atomic E-state index is 0.257. The number of nitrogens with zero attached hydrogens (tertiary/aromatic N) is 5. The van der Waals surface area contributed by atoms with E-state index in [-0.39, 0.29) is 4.90 Å². The van der Waals surface area contributed by atoms with E-state index in [1.807, 2.05) is 18.3 Å². The molecule has 0 unspecified atom stereocenters. The first-order chi connectivity index (χ1) is 19.0. The fourth-order valence-electron chi connectivity index (χ4n) is 5.39. The lowest BCUT2D eigenvalue weighted by atomic mass is 9.96. The van der Waals surface area contributed by atoms with Gasteiger partial charge in [0.1, 0.15) is 5.69 Å². The Balaban J connectivity index is 1.32. The first-order valence-electron chi connectivity index (χ1n) is 14.4. The Labute approximate surface area is 231 Å². The van der Waals surface area contributed by atoms with Gasteiger partial charge in [0.25, 0.3) is 0 Å². The summed E-state index contributed by atoms with van der Waals surface area (Å²) in [5.41, 5.74) is 2.48. The van der Waals surface area contributed by atoms with E-state index < -0.39 is 10.0 Å². The first-order valence-corrected chi connectivity index (χ1v) is 15.9. The third-order valence-corrected chi connectivity index (χ3v) is 9.14. The van der Waals surface area contributed by atoms with Crippen molar-refractivity contribution >= 4 is 27.0 Å². The molecule has 2 N–H and O–H groups in total. The molecule has 5 rings (SSSR count). The molecule has 212 valence electrons. The van der Waals surface area contributed by atoms with E-state index >= 15 is 0 Å². The molecule has 1 aliphatic carbocycles. The highest BCUT2D eigenvalue weighted by Gasteiger charge is 2.23. The topological polar surface area (TPSA) is 114 Å². The normalized spacial score (nSPS) is 17.6. The molecule has 0 amide bonds. The van der Waals surface area contributed by atoms with E-state index in [1.165, 1.54) is 19.3 Å². The number of hydrogen-bond acceptors (Lipinski definition) is 8. The highest BCUT2D eigenvalue weighted by molar-refractivity contribution is 7.89. The van der Waals surface area contributed by atoms with Crippen LogP contribution in [0.1, 0.15) is 64.3 Å². The van der Waals surface area contributed by atoms with Crippen LogP contribution in [-0.2, 0) is 14.8 Å². The Morgan fingerprint density at radius 3 is 2.54 bits per heavy atom. The number of fused-ring (bicyclic) bond motifs is 1. The Hall–Kier alpha value is -2.60. The second-order valence-electron chi connectivity index (χ2n) is 10.5. The van der Waals surface area contributed by atoms with E-state index in [0.29, 0.717) is 18.5 Å². The second-order valence-corrected chi connectivity index (χ2v) is 12.3. The zero-order valence-corrected chi connectivity index (χ0v) is 23.8. The predicted molar refractivity (Wildman–Crippen MR) is 153 cm³/mol. The molecule has 2 aliphatic rings. The maximum absolute atomic E-state index is 12.9. The van der Waals surface area contributed by atoms with Crippen LogP contribution < -0.4 is 10.0 Å².